The number of likely N-dealkylation sites (tertiary alicyclic amines) is 1. The highest BCUT2D eigenvalue weighted by molar-refractivity contribution is 5.67. The van der Waals surface area contributed by atoms with Crippen molar-refractivity contribution in [3.05, 3.63) is 11.8 Å². The fraction of sp³-hybridized carbons (Fsp3) is 0.824. The van der Waals surface area contributed by atoms with Crippen LogP contribution in [-0.4, -0.2) is 58.4 Å². The molecule has 1 fully saturated rings. The fourth-order valence-electron chi connectivity index (χ4n) is 3.04. The van der Waals surface area contributed by atoms with Crippen LogP contribution in [0.2, 0.25) is 0 Å². The molecule has 24 heavy (non-hydrogen) atoms. The second-order valence-corrected chi connectivity index (χ2v) is 7.70. The molecule has 0 N–H and O–H groups in total. The number of aryl methyl sites for hydroxylation is 1. The maximum atomic E-state index is 12.1. The maximum absolute atomic E-state index is 12.1. The van der Waals surface area contributed by atoms with Crippen LogP contribution in [-0.2, 0) is 4.74 Å². The van der Waals surface area contributed by atoms with Crippen molar-refractivity contribution in [1.82, 2.24) is 20.0 Å². The molecule has 0 radical (unpaired) electrons. The van der Waals surface area contributed by atoms with Crippen molar-refractivity contribution in [3.8, 4) is 0 Å². The monoisotopic (exact) mass is 338 g/mol. The van der Waals surface area contributed by atoms with Crippen LogP contribution in [0, 0.1) is 12.8 Å². The topological polar surface area (TPSA) is 71.7 Å². The number of nitrogens with zero attached hydrogens (tertiary/aromatic N) is 4. The number of carbonyl (C=O) groups excluding carboxylic acids is 1. The first-order chi connectivity index (χ1) is 11.2. The Morgan fingerprint density at radius 3 is 2.75 bits per heavy atom. The summed E-state index contributed by atoms with van der Waals surface area (Å²) in [5, 5.41) is 8.05. The molecule has 0 aliphatic carbocycles. The van der Waals surface area contributed by atoms with E-state index >= 15 is 0 Å². The van der Waals surface area contributed by atoms with Gasteiger partial charge in [-0.1, -0.05) is 0 Å². The van der Waals surface area contributed by atoms with Gasteiger partial charge < -0.3 is 14.1 Å². The molecule has 0 aromatic carbocycles. The Balaban J connectivity index is 1.89. The van der Waals surface area contributed by atoms with Crippen LogP contribution in [0.5, 0.6) is 0 Å². The van der Waals surface area contributed by atoms with Crippen LogP contribution in [0.4, 0.5) is 4.79 Å². The summed E-state index contributed by atoms with van der Waals surface area (Å²) in [5.74, 6) is 1.67. The van der Waals surface area contributed by atoms with Crippen molar-refractivity contribution < 1.29 is 13.9 Å². The smallest absolute Gasteiger partial charge is 0.410 e. The molecule has 1 saturated heterocycles. The Labute approximate surface area is 144 Å². The average molecular weight is 338 g/mol. The lowest BCUT2D eigenvalue weighted by Crippen LogP contribution is -2.43. The third-order valence-electron chi connectivity index (χ3n) is 4.23. The lowest BCUT2D eigenvalue weighted by Gasteiger charge is -2.37. The standard InChI is InChI=1S/C17H30N4O3/c1-12(15-19-18-13(2)23-15)21-9-7-8-14(11-21)10-20(6)16(22)24-17(3,4)5/h12,14H,7-11H2,1-6H3/t12-,14-/m0/s1. The lowest BCUT2D eigenvalue weighted by molar-refractivity contribution is 0.0226. The molecular formula is C17H30N4O3. The number of carbonyl (C=O) groups is 1. The first kappa shape index (κ1) is 18.7. The van der Waals surface area contributed by atoms with E-state index in [1.54, 1.807) is 18.9 Å². The number of aromatic nitrogens is 2. The molecule has 1 aromatic heterocycles. The molecule has 1 aliphatic rings. The van der Waals surface area contributed by atoms with Gasteiger partial charge in [-0.3, -0.25) is 4.90 Å². The van der Waals surface area contributed by atoms with Crippen LogP contribution in [0.25, 0.3) is 0 Å². The molecular weight excluding hydrogens is 308 g/mol. The highest BCUT2D eigenvalue weighted by Crippen LogP contribution is 2.26. The number of ether oxygens (including phenoxy) is 1. The molecule has 2 heterocycles. The molecule has 0 unspecified atom stereocenters. The third kappa shape index (κ3) is 5.19. The first-order valence-electron chi connectivity index (χ1n) is 8.64. The van der Waals surface area contributed by atoms with Crippen molar-refractivity contribution in [2.75, 3.05) is 26.7 Å². The van der Waals surface area contributed by atoms with E-state index in [2.05, 4.69) is 22.0 Å². The summed E-state index contributed by atoms with van der Waals surface area (Å²) in [6.07, 6.45) is 1.95. The molecule has 7 nitrogen and oxygen atoms in total. The first-order valence-corrected chi connectivity index (χ1v) is 8.64. The zero-order valence-corrected chi connectivity index (χ0v) is 15.7. The van der Waals surface area contributed by atoms with Crippen molar-refractivity contribution in [1.29, 1.82) is 0 Å². The Hall–Kier alpha value is -1.63. The minimum Gasteiger partial charge on any atom is -0.444 e. The van der Waals surface area contributed by atoms with E-state index in [4.69, 9.17) is 9.15 Å². The summed E-state index contributed by atoms with van der Waals surface area (Å²) >= 11 is 0. The summed E-state index contributed by atoms with van der Waals surface area (Å²) in [7, 11) is 1.80. The maximum Gasteiger partial charge on any atom is 0.410 e. The van der Waals surface area contributed by atoms with Gasteiger partial charge in [-0.2, -0.15) is 0 Å². The van der Waals surface area contributed by atoms with Crippen LogP contribution < -0.4 is 0 Å². The van der Waals surface area contributed by atoms with Gasteiger partial charge in [0, 0.05) is 27.1 Å². The summed E-state index contributed by atoms with van der Waals surface area (Å²) in [6.45, 7) is 12.2. The second-order valence-electron chi connectivity index (χ2n) is 7.70. The van der Waals surface area contributed by atoms with Gasteiger partial charge >= 0.3 is 6.09 Å². The molecule has 7 heteroatoms. The zero-order valence-electron chi connectivity index (χ0n) is 15.7. The highest BCUT2D eigenvalue weighted by atomic mass is 16.6. The van der Waals surface area contributed by atoms with E-state index in [-0.39, 0.29) is 12.1 Å². The number of amides is 1. The number of hydrogen-bond donors (Lipinski definition) is 0. The van der Waals surface area contributed by atoms with E-state index in [0.717, 1.165) is 25.9 Å². The van der Waals surface area contributed by atoms with E-state index < -0.39 is 5.60 Å². The van der Waals surface area contributed by atoms with Gasteiger partial charge in [-0.15, -0.1) is 10.2 Å². The number of hydrogen-bond acceptors (Lipinski definition) is 6. The minimum atomic E-state index is -0.464. The Bertz CT molecular complexity index is 552. The predicted octanol–water partition coefficient (Wildman–Crippen LogP) is 3.02. The summed E-state index contributed by atoms with van der Waals surface area (Å²) in [6, 6.07) is 0.0980. The molecule has 1 aliphatic heterocycles. The van der Waals surface area contributed by atoms with Gasteiger partial charge in [0.15, 0.2) is 0 Å². The second kappa shape index (κ2) is 7.51. The zero-order chi connectivity index (χ0) is 17.9. The van der Waals surface area contributed by atoms with Gasteiger partial charge in [0.25, 0.3) is 0 Å². The van der Waals surface area contributed by atoms with Crippen molar-refractivity contribution in [2.24, 2.45) is 5.92 Å². The van der Waals surface area contributed by atoms with Crippen molar-refractivity contribution >= 4 is 6.09 Å². The van der Waals surface area contributed by atoms with E-state index in [1.807, 2.05) is 20.8 Å². The molecule has 2 rings (SSSR count). The summed E-state index contributed by atoms with van der Waals surface area (Å²) in [4.78, 5) is 16.2. The molecule has 2 atom stereocenters. The van der Waals surface area contributed by atoms with Crippen LogP contribution >= 0.6 is 0 Å². The van der Waals surface area contributed by atoms with Gasteiger partial charge in [0.05, 0.1) is 6.04 Å². The SMILES string of the molecule is Cc1nnc([C@H](C)N2CCC[C@@H](CN(C)C(=O)OC(C)(C)C)C2)o1. The summed E-state index contributed by atoms with van der Waals surface area (Å²) in [5.41, 5.74) is -0.464. The normalized spacial score (nSPS) is 20.7. The van der Waals surface area contributed by atoms with Crippen molar-refractivity contribution in [2.45, 2.75) is 59.1 Å². The van der Waals surface area contributed by atoms with Gasteiger partial charge in [-0.05, 0) is 53.0 Å². The lowest BCUT2D eigenvalue weighted by atomic mass is 9.96. The average Bonchev–Trinajstić information content (AvgIpc) is 2.91. The largest absolute Gasteiger partial charge is 0.444 e. The predicted molar refractivity (Wildman–Crippen MR) is 90.6 cm³/mol. The molecule has 0 saturated carbocycles. The molecule has 1 amide bonds. The number of rotatable bonds is 4. The van der Waals surface area contributed by atoms with Gasteiger partial charge in [-0.25, -0.2) is 4.79 Å². The number of piperidine rings is 1. The molecule has 0 bridgehead atoms. The van der Waals surface area contributed by atoms with Crippen LogP contribution in [0.1, 0.15) is 58.4 Å². The van der Waals surface area contributed by atoms with E-state index in [9.17, 15) is 4.79 Å². The van der Waals surface area contributed by atoms with Crippen LogP contribution in [0.15, 0.2) is 4.42 Å². The Morgan fingerprint density at radius 2 is 2.17 bits per heavy atom. The molecule has 0 spiro atoms. The van der Waals surface area contributed by atoms with Crippen molar-refractivity contribution in [3.63, 3.8) is 0 Å². The molecule has 1 aromatic rings. The van der Waals surface area contributed by atoms with Crippen LogP contribution in [0.3, 0.4) is 0 Å². The summed E-state index contributed by atoms with van der Waals surface area (Å²) < 4.78 is 11.0. The van der Waals surface area contributed by atoms with E-state index in [0.29, 0.717) is 24.2 Å². The quantitative estimate of drug-likeness (QED) is 0.840. The highest BCUT2D eigenvalue weighted by Gasteiger charge is 2.29. The fourth-order valence-corrected chi connectivity index (χ4v) is 3.04. The third-order valence-corrected chi connectivity index (χ3v) is 4.23. The van der Waals surface area contributed by atoms with Gasteiger partial charge in [0.1, 0.15) is 5.60 Å². The Morgan fingerprint density at radius 1 is 1.46 bits per heavy atom. The molecule has 136 valence electrons. The minimum absolute atomic E-state index is 0.0980. The van der Waals surface area contributed by atoms with Gasteiger partial charge in [0.2, 0.25) is 11.8 Å². The van der Waals surface area contributed by atoms with E-state index in [1.165, 1.54) is 0 Å². The Kier molecular flexibility index (Phi) is 5.85.